The van der Waals surface area contributed by atoms with Crippen molar-refractivity contribution in [2.45, 2.75) is 13.3 Å². The predicted molar refractivity (Wildman–Crippen MR) is 91.2 cm³/mol. The van der Waals surface area contributed by atoms with E-state index in [9.17, 15) is 9.59 Å². The van der Waals surface area contributed by atoms with E-state index in [1.165, 1.54) is 4.90 Å². The number of benzene rings is 1. The zero-order valence-electron chi connectivity index (χ0n) is 14.4. The third-order valence-electron chi connectivity index (χ3n) is 3.52. The summed E-state index contributed by atoms with van der Waals surface area (Å²) in [5, 5.41) is 0. The lowest BCUT2D eigenvalue weighted by Crippen LogP contribution is -2.26. The van der Waals surface area contributed by atoms with Crippen molar-refractivity contribution < 1.29 is 19.1 Å². The second kappa shape index (κ2) is 7.68. The molecule has 1 aliphatic rings. The summed E-state index contributed by atoms with van der Waals surface area (Å²) in [5.74, 6) is 0.0348. The first-order valence-electron chi connectivity index (χ1n) is 7.74. The molecule has 0 spiro atoms. The van der Waals surface area contributed by atoms with Gasteiger partial charge in [0.1, 0.15) is 5.75 Å². The number of nitrogens with zero attached hydrogens (tertiary/aromatic N) is 2. The molecule has 0 radical (unpaired) electrons. The molecule has 1 amide bonds. The van der Waals surface area contributed by atoms with E-state index in [0.29, 0.717) is 35.6 Å². The lowest BCUT2D eigenvalue weighted by Gasteiger charge is -2.26. The number of ether oxygens (including phenoxy) is 2. The molecule has 0 bridgehead atoms. The first kappa shape index (κ1) is 17.6. The topological polar surface area (TPSA) is 59.1 Å². The van der Waals surface area contributed by atoms with E-state index in [0.717, 1.165) is 0 Å². The fourth-order valence-electron chi connectivity index (χ4n) is 2.40. The van der Waals surface area contributed by atoms with E-state index >= 15 is 0 Å². The van der Waals surface area contributed by atoms with Gasteiger partial charge in [-0.2, -0.15) is 0 Å². The minimum absolute atomic E-state index is 0.306. The Morgan fingerprint density at radius 2 is 1.96 bits per heavy atom. The minimum atomic E-state index is -0.477. The monoisotopic (exact) mass is 330 g/mol. The van der Waals surface area contributed by atoms with E-state index in [4.69, 9.17) is 9.47 Å². The molecule has 0 aromatic heterocycles. The number of amides is 1. The Labute approximate surface area is 141 Å². The second-order valence-corrected chi connectivity index (χ2v) is 5.51. The van der Waals surface area contributed by atoms with Crippen LogP contribution in [0.1, 0.15) is 18.9 Å². The summed E-state index contributed by atoms with van der Waals surface area (Å²) in [6, 6.07) is 7.15. The largest absolute Gasteiger partial charge is 0.463 e. The van der Waals surface area contributed by atoms with Gasteiger partial charge in [0, 0.05) is 39.3 Å². The summed E-state index contributed by atoms with van der Waals surface area (Å²) in [6.07, 6.45) is 3.76. The van der Waals surface area contributed by atoms with Crippen LogP contribution in [-0.2, 0) is 9.53 Å². The molecule has 128 valence electrons. The van der Waals surface area contributed by atoms with Crippen LogP contribution in [0.15, 0.2) is 42.1 Å². The first-order chi connectivity index (χ1) is 11.5. The van der Waals surface area contributed by atoms with Gasteiger partial charge in [-0.1, -0.05) is 18.2 Å². The van der Waals surface area contributed by atoms with Crippen molar-refractivity contribution in [1.82, 2.24) is 9.80 Å². The molecule has 0 unspecified atom stereocenters. The van der Waals surface area contributed by atoms with Gasteiger partial charge in [0.25, 0.3) is 0 Å². The summed E-state index contributed by atoms with van der Waals surface area (Å²) in [4.78, 5) is 27.4. The number of rotatable bonds is 4. The average Bonchev–Trinajstić information content (AvgIpc) is 2.55. The van der Waals surface area contributed by atoms with Gasteiger partial charge >= 0.3 is 12.1 Å². The molecule has 1 aromatic rings. The number of esters is 1. The maximum Gasteiger partial charge on any atom is 0.414 e. The van der Waals surface area contributed by atoms with Crippen molar-refractivity contribution in [3.05, 3.63) is 47.7 Å². The van der Waals surface area contributed by atoms with Gasteiger partial charge in [0.15, 0.2) is 0 Å². The molecule has 1 heterocycles. The van der Waals surface area contributed by atoms with Crippen LogP contribution < -0.4 is 4.74 Å². The molecule has 1 aliphatic heterocycles. The van der Waals surface area contributed by atoms with Crippen molar-refractivity contribution in [2.75, 3.05) is 27.7 Å². The summed E-state index contributed by atoms with van der Waals surface area (Å²) in [7, 11) is 5.07. The second-order valence-electron chi connectivity index (χ2n) is 5.51. The van der Waals surface area contributed by atoms with Crippen LogP contribution in [0.3, 0.4) is 0 Å². The van der Waals surface area contributed by atoms with Gasteiger partial charge in [0.05, 0.1) is 17.9 Å². The van der Waals surface area contributed by atoms with Crippen LogP contribution in [0.5, 0.6) is 5.75 Å². The SMILES string of the molecule is CCOC(=O)C1=C(c2ccccc2OC(=O)N(C)C)N(C)C=CC1. The maximum absolute atomic E-state index is 12.3. The van der Waals surface area contributed by atoms with Crippen molar-refractivity contribution in [3.63, 3.8) is 0 Å². The van der Waals surface area contributed by atoms with Crippen LogP contribution >= 0.6 is 0 Å². The summed E-state index contributed by atoms with van der Waals surface area (Å²) in [6.45, 7) is 2.08. The number of para-hydroxylation sites is 1. The molecule has 0 saturated heterocycles. The minimum Gasteiger partial charge on any atom is -0.463 e. The third-order valence-corrected chi connectivity index (χ3v) is 3.52. The van der Waals surface area contributed by atoms with Crippen molar-refractivity contribution >= 4 is 17.8 Å². The van der Waals surface area contributed by atoms with Crippen molar-refractivity contribution in [1.29, 1.82) is 0 Å². The molecule has 0 atom stereocenters. The van der Waals surface area contributed by atoms with Crippen LogP contribution in [-0.4, -0.2) is 49.6 Å². The molecule has 0 fully saturated rings. The molecule has 24 heavy (non-hydrogen) atoms. The van der Waals surface area contributed by atoms with Crippen molar-refractivity contribution in [3.8, 4) is 5.75 Å². The fraction of sp³-hybridized carbons (Fsp3) is 0.333. The molecule has 6 heteroatoms. The van der Waals surface area contributed by atoms with Crippen molar-refractivity contribution in [2.24, 2.45) is 0 Å². The molecule has 0 saturated carbocycles. The third kappa shape index (κ3) is 3.76. The van der Waals surface area contributed by atoms with Gasteiger partial charge in [-0.15, -0.1) is 0 Å². The van der Waals surface area contributed by atoms with Crippen LogP contribution in [0, 0.1) is 0 Å². The zero-order chi connectivity index (χ0) is 17.7. The summed E-state index contributed by atoms with van der Waals surface area (Å²) >= 11 is 0. The normalized spacial score (nSPS) is 13.8. The molecule has 0 N–H and O–H groups in total. The van der Waals surface area contributed by atoms with Gasteiger partial charge in [-0.3, -0.25) is 0 Å². The van der Waals surface area contributed by atoms with E-state index in [-0.39, 0.29) is 5.97 Å². The molecule has 6 nitrogen and oxygen atoms in total. The van der Waals surface area contributed by atoms with E-state index < -0.39 is 6.09 Å². The smallest absolute Gasteiger partial charge is 0.414 e. The van der Waals surface area contributed by atoms with Gasteiger partial charge in [-0.05, 0) is 19.1 Å². The zero-order valence-corrected chi connectivity index (χ0v) is 14.4. The number of carbonyl (C=O) groups is 2. The average molecular weight is 330 g/mol. The number of carbonyl (C=O) groups excluding carboxylic acids is 2. The van der Waals surface area contributed by atoms with Crippen LogP contribution in [0.25, 0.3) is 5.70 Å². The number of hydrogen-bond donors (Lipinski definition) is 0. The van der Waals surface area contributed by atoms with Gasteiger partial charge < -0.3 is 19.3 Å². The van der Waals surface area contributed by atoms with Gasteiger partial charge in [0.2, 0.25) is 0 Å². The van der Waals surface area contributed by atoms with Gasteiger partial charge in [-0.25, -0.2) is 9.59 Å². The standard InChI is InChI=1S/C18H22N2O4/c1-5-23-17(21)14-10-8-12-20(4)16(14)13-9-6-7-11-15(13)24-18(22)19(2)3/h6-9,11-12H,5,10H2,1-4H3. The highest BCUT2D eigenvalue weighted by atomic mass is 16.6. The molecule has 1 aromatic carbocycles. The molecular formula is C18H22N2O4. The molecular weight excluding hydrogens is 308 g/mol. The lowest BCUT2D eigenvalue weighted by atomic mass is 9.99. The molecule has 2 rings (SSSR count). The maximum atomic E-state index is 12.3. The highest BCUT2D eigenvalue weighted by molar-refractivity contribution is 5.99. The van der Waals surface area contributed by atoms with E-state index in [1.807, 2.05) is 36.4 Å². The van der Waals surface area contributed by atoms with E-state index in [1.54, 1.807) is 33.2 Å². The summed E-state index contributed by atoms with van der Waals surface area (Å²) < 4.78 is 10.6. The first-order valence-corrected chi connectivity index (χ1v) is 7.74. The van der Waals surface area contributed by atoms with Crippen LogP contribution in [0.2, 0.25) is 0 Å². The highest BCUT2D eigenvalue weighted by Crippen LogP contribution is 2.34. The Morgan fingerprint density at radius 3 is 2.62 bits per heavy atom. The fourth-order valence-corrected chi connectivity index (χ4v) is 2.40. The molecule has 0 aliphatic carbocycles. The van der Waals surface area contributed by atoms with E-state index in [2.05, 4.69) is 0 Å². The van der Waals surface area contributed by atoms with Crippen LogP contribution in [0.4, 0.5) is 4.79 Å². The number of hydrogen-bond acceptors (Lipinski definition) is 5. The predicted octanol–water partition coefficient (Wildman–Crippen LogP) is 2.87. The Balaban J connectivity index is 2.50. The quantitative estimate of drug-likeness (QED) is 0.795. The Kier molecular flexibility index (Phi) is 5.63. The Bertz CT molecular complexity index is 692. The highest BCUT2D eigenvalue weighted by Gasteiger charge is 2.25. The lowest BCUT2D eigenvalue weighted by molar-refractivity contribution is -0.138. The number of allylic oxidation sites excluding steroid dienone is 1. The Hall–Kier alpha value is -2.76. The Morgan fingerprint density at radius 1 is 1.25 bits per heavy atom. The summed E-state index contributed by atoms with van der Waals surface area (Å²) in [5.41, 5.74) is 1.89.